The molecule has 0 spiro atoms. The highest BCUT2D eigenvalue weighted by molar-refractivity contribution is 9.10. The predicted molar refractivity (Wildman–Crippen MR) is 141 cm³/mol. The molecule has 0 radical (unpaired) electrons. The summed E-state index contributed by atoms with van der Waals surface area (Å²) in [6.07, 6.45) is 0.997. The lowest BCUT2D eigenvalue weighted by atomic mass is 10.1. The van der Waals surface area contributed by atoms with Crippen molar-refractivity contribution in [1.82, 2.24) is 10.2 Å². The fourth-order valence-corrected chi connectivity index (χ4v) is 4.72. The molecule has 1 atom stereocenters. The van der Waals surface area contributed by atoms with Gasteiger partial charge in [-0.3, -0.25) is 13.9 Å². The molecule has 0 aliphatic carbocycles. The van der Waals surface area contributed by atoms with E-state index in [1.165, 1.54) is 23.1 Å². The van der Waals surface area contributed by atoms with Crippen LogP contribution in [0.4, 0.5) is 5.69 Å². The van der Waals surface area contributed by atoms with E-state index in [0.29, 0.717) is 0 Å². The summed E-state index contributed by atoms with van der Waals surface area (Å²) in [6.45, 7) is 6.73. The minimum atomic E-state index is -3.85. The molecule has 0 fully saturated rings. The van der Waals surface area contributed by atoms with Gasteiger partial charge < -0.3 is 10.2 Å². The van der Waals surface area contributed by atoms with E-state index >= 15 is 0 Å². The number of sulfonamides is 1. The molecular weight excluding hydrogens is 565 g/mol. The molecule has 186 valence electrons. The molecule has 2 rings (SSSR count). The highest BCUT2D eigenvalue weighted by Crippen LogP contribution is 2.28. The normalized spacial score (nSPS) is 12.7. The second kappa shape index (κ2) is 11.3. The number of nitrogens with one attached hydrogen (secondary N) is 1. The van der Waals surface area contributed by atoms with Gasteiger partial charge in [-0.1, -0.05) is 51.3 Å². The van der Waals surface area contributed by atoms with Gasteiger partial charge in [0.2, 0.25) is 21.8 Å². The van der Waals surface area contributed by atoms with Gasteiger partial charge in [-0.15, -0.1) is 0 Å². The molecule has 2 amide bonds. The van der Waals surface area contributed by atoms with Gasteiger partial charge in [-0.25, -0.2) is 8.42 Å². The molecule has 0 unspecified atom stereocenters. The molecule has 11 heteroatoms. The van der Waals surface area contributed by atoms with Crippen LogP contribution in [-0.2, 0) is 26.2 Å². The zero-order chi connectivity index (χ0) is 25.8. The van der Waals surface area contributed by atoms with Crippen LogP contribution in [0.1, 0.15) is 33.3 Å². The van der Waals surface area contributed by atoms with E-state index < -0.39 is 34.1 Å². The number of anilines is 1. The van der Waals surface area contributed by atoms with E-state index in [0.717, 1.165) is 20.6 Å². The Hall–Kier alpha value is -1.81. The summed E-state index contributed by atoms with van der Waals surface area (Å²) in [5.74, 6) is -0.899. The second-order valence-corrected chi connectivity index (χ2v) is 12.6. The van der Waals surface area contributed by atoms with Gasteiger partial charge in [0.15, 0.2) is 0 Å². The lowest BCUT2D eigenvalue weighted by Gasteiger charge is -2.33. The third-order valence-corrected chi connectivity index (χ3v) is 7.15. The summed E-state index contributed by atoms with van der Waals surface area (Å²) in [5.41, 5.74) is 0.465. The van der Waals surface area contributed by atoms with Crippen LogP contribution in [0.15, 0.2) is 46.9 Å². The zero-order valence-electron chi connectivity index (χ0n) is 19.6. The third-order valence-electron chi connectivity index (χ3n) is 4.78. The second-order valence-electron chi connectivity index (χ2n) is 8.93. The number of hydrogen-bond donors (Lipinski definition) is 1. The third kappa shape index (κ3) is 8.15. The van der Waals surface area contributed by atoms with Crippen LogP contribution in [0.5, 0.6) is 0 Å². The molecule has 0 saturated carbocycles. The van der Waals surface area contributed by atoms with Crippen LogP contribution in [0.25, 0.3) is 0 Å². The maximum atomic E-state index is 13.5. The largest absolute Gasteiger partial charge is 0.350 e. The molecule has 0 saturated heterocycles. The lowest BCUT2D eigenvalue weighted by molar-refractivity contribution is -0.140. The molecule has 1 N–H and O–H groups in total. The minimum absolute atomic E-state index is 0.107. The van der Waals surface area contributed by atoms with Crippen molar-refractivity contribution < 1.29 is 18.0 Å². The van der Waals surface area contributed by atoms with Gasteiger partial charge in [-0.2, -0.15) is 0 Å². The summed E-state index contributed by atoms with van der Waals surface area (Å²) in [5, 5.41) is 3.29. The smallest absolute Gasteiger partial charge is 0.244 e. The Morgan fingerprint density at radius 2 is 1.74 bits per heavy atom. The summed E-state index contributed by atoms with van der Waals surface area (Å²) >= 11 is 15.5. The number of amides is 2. The van der Waals surface area contributed by atoms with Crippen molar-refractivity contribution in [2.75, 3.05) is 17.1 Å². The van der Waals surface area contributed by atoms with Crippen molar-refractivity contribution in [3.05, 3.63) is 62.5 Å². The maximum absolute atomic E-state index is 13.5. The molecule has 2 aromatic carbocycles. The van der Waals surface area contributed by atoms with Crippen LogP contribution in [-0.4, -0.2) is 49.5 Å². The zero-order valence-corrected chi connectivity index (χ0v) is 23.5. The van der Waals surface area contributed by atoms with Crippen LogP contribution in [0.2, 0.25) is 10.0 Å². The van der Waals surface area contributed by atoms with Gasteiger partial charge in [0.05, 0.1) is 22.0 Å². The number of carbonyl (C=O) groups excluding carboxylic acids is 2. The average Bonchev–Trinajstić information content (AvgIpc) is 2.69. The van der Waals surface area contributed by atoms with E-state index in [-0.39, 0.29) is 28.2 Å². The molecule has 0 aliphatic heterocycles. The summed E-state index contributed by atoms with van der Waals surface area (Å²) in [6, 6.07) is 10.8. The fourth-order valence-electron chi connectivity index (χ4n) is 3.14. The number of halogens is 3. The maximum Gasteiger partial charge on any atom is 0.244 e. The summed E-state index contributed by atoms with van der Waals surface area (Å²) in [7, 11) is -3.85. The number of hydrogen-bond acceptors (Lipinski definition) is 4. The number of rotatable bonds is 8. The van der Waals surface area contributed by atoms with Crippen LogP contribution in [0, 0.1) is 0 Å². The van der Waals surface area contributed by atoms with E-state index in [4.69, 9.17) is 23.2 Å². The first kappa shape index (κ1) is 28.4. The average molecular weight is 593 g/mol. The van der Waals surface area contributed by atoms with Gasteiger partial charge in [0, 0.05) is 16.6 Å². The van der Waals surface area contributed by atoms with Crippen molar-refractivity contribution in [2.24, 2.45) is 0 Å². The molecule has 0 aromatic heterocycles. The Morgan fingerprint density at radius 3 is 2.26 bits per heavy atom. The SMILES string of the molecule is C[C@@H](C(=O)NC(C)(C)C)N(Cc1cccc(Br)c1)C(=O)CN(c1ccc(Cl)c(Cl)c1)S(C)(=O)=O. The Morgan fingerprint density at radius 1 is 1.09 bits per heavy atom. The molecule has 7 nitrogen and oxygen atoms in total. The number of benzene rings is 2. The number of nitrogens with zero attached hydrogens (tertiary/aromatic N) is 2. The van der Waals surface area contributed by atoms with E-state index in [2.05, 4.69) is 21.2 Å². The lowest BCUT2D eigenvalue weighted by Crippen LogP contribution is -2.54. The van der Waals surface area contributed by atoms with Crippen molar-refractivity contribution >= 4 is 66.7 Å². The van der Waals surface area contributed by atoms with E-state index in [1.54, 1.807) is 6.92 Å². The molecular formula is C23H28BrCl2N3O4S. The minimum Gasteiger partial charge on any atom is -0.350 e. The predicted octanol–water partition coefficient (Wildman–Crippen LogP) is 4.85. The first-order chi connectivity index (χ1) is 15.6. The van der Waals surface area contributed by atoms with Crippen molar-refractivity contribution in [2.45, 2.75) is 45.8 Å². The first-order valence-electron chi connectivity index (χ1n) is 10.4. The molecule has 0 heterocycles. The van der Waals surface area contributed by atoms with Gasteiger partial charge in [0.1, 0.15) is 12.6 Å². The Balaban J connectivity index is 2.43. The first-order valence-corrected chi connectivity index (χ1v) is 13.8. The Bertz CT molecular complexity index is 1170. The van der Waals surface area contributed by atoms with Crippen molar-refractivity contribution in [3.8, 4) is 0 Å². The highest BCUT2D eigenvalue weighted by atomic mass is 79.9. The summed E-state index contributed by atoms with van der Waals surface area (Å²) < 4.78 is 26.9. The van der Waals surface area contributed by atoms with Crippen LogP contribution < -0.4 is 9.62 Å². The molecule has 2 aromatic rings. The van der Waals surface area contributed by atoms with Gasteiger partial charge in [0.25, 0.3) is 0 Å². The Labute approximate surface area is 219 Å². The van der Waals surface area contributed by atoms with Gasteiger partial charge >= 0.3 is 0 Å². The monoisotopic (exact) mass is 591 g/mol. The summed E-state index contributed by atoms with van der Waals surface area (Å²) in [4.78, 5) is 27.8. The van der Waals surface area contributed by atoms with Gasteiger partial charge in [-0.05, 0) is 63.6 Å². The fraction of sp³-hybridized carbons (Fsp3) is 0.391. The van der Waals surface area contributed by atoms with E-state index in [1.807, 2.05) is 45.0 Å². The standard InChI is InChI=1S/C23H28BrCl2N3O4S/c1-15(22(31)27-23(2,3)4)28(13-16-7-6-8-17(24)11-16)21(30)14-29(34(5,32)33)18-9-10-19(25)20(26)12-18/h6-12,15H,13-14H2,1-5H3,(H,27,31)/t15-/m0/s1. The van der Waals surface area contributed by atoms with Crippen LogP contribution in [0.3, 0.4) is 0 Å². The highest BCUT2D eigenvalue weighted by Gasteiger charge is 2.31. The quantitative estimate of drug-likeness (QED) is 0.474. The topological polar surface area (TPSA) is 86.8 Å². The number of carbonyl (C=O) groups is 2. The van der Waals surface area contributed by atoms with Crippen molar-refractivity contribution in [3.63, 3.8) is 0 Å². The van der Waals surface area contributed by atoms with Crippen molar-refractivity contribution in [1.29, 1.82) is 0 Å². The molecule has 34 heavy (non-hydrogen) atoms. The Kier molecular flexibility index (Phi) is 9.44. The van der Waals surface area contributed by atoms with Crippen LogP contribution >= 0.6 is 39.1 Å². The molecule has 0 aliphatic rings. The molecule has 0 bridgehead atoms. The van der Waals surface area contributed by atoms with E-state index in [9.17, 15) is 18.0 Å².